The van der Waals surface area contributed by atoms with Gasteiger partial charge in [0.25, 0.3) is 11.8 Å². The molecule has 2 aromatic heterocycles. The summed E-state index contributed by atoms with van der Waals surface area (Å²) in [6, 6.07) is 14.9. The van der Waals surface area contributed by atoms with Crippen molar-refractivity contribution in [1.82, 2.24) is 19.8 Å². The first-order valence-electron chi connectivity index (χ1n) is 25.3. The Morgan fingerprint density at radius 1 is 0.864 bits per heavy atom. The number of carboxylic acids is 1. The van der Waals surface area contributed by atoms with Crippen molar-refractivity contribution in [3.05, 3.63) is 104 Å². The van der Waals surface area contributed by atoms with Gasteiger partial charge in [-0.25, -0.2) is 9.36 Å². The number of halogens is 5. The van der Waals surface area contributed by atoms with Gasteiger partial charge in [-0.05, 0) is 90.9 Å². The molecular weight excluding hydrogens is 1210 g/mol. The Labute approximate surface area is 476 Å². The summed E-state index contributed by atoms with van der Waals surface area (Å²) in [5.41, 5.74) is 10.2. The van der Waals surface area contributed by atoms with Crippen LogP contribution >= 0.6 is 31.9 Å². The highest BCUT2D eigenvalue weighted by molar-refractivity contribution is 9.14. The standard InChI is InChI=1S/C53H55Br2F3N8O15/c1-63-26-33(30-6-7-35-31(24-30)10-13-65(35)39(69)23-28-3-2-4-32(21-28)53(56,57)58)40-47(59)61-27-64(48(40)63)25-29-5-8-36(80-52-45(72)43(70)44(71)46(81-52)51(75)76)34(22-29)62-38(68)9-12-60-37(67)11-15-77-17-19-79-20-18-78-16-14-66-49(73)41(54)42(55)50(66)74/h2-8,21-22,24,26-27,43-46,52,59,70-72H,9-20,23,25H2,1H3,(H3,60,62,67,68,75,76)/p+1/t43-,44-,45+,46-,52+/m0/s1. The van der Waals surface area contributed by atoms with Gasteiger partial charge in [-0.15, -0.1) is 0 Å². The van der Waals surface area contributed by atoms with Crippen LogP contribution in [0.4, 0.5) is 30.4 Å². The van der Waals surface area contributed by atoms with Crippen molar-refractivity contribution in [2.75, 3.05) is 75.2 Å². The maximum Gasteiger partial charge on any atom is 0.416 e. The van der Waals surface area contributed by atoms with Gasteiger partial charge in [-0.3, -0.25) is 33.4 Å². The van der Waals surface area contributed by atoms with Crippen molar-refractivity contribution in [2.45, 2.75) is 69.1 Å². The van der Waals surface area contributed by atoms with Crippen molar-refractivity contribution in [2.24, 2.45) is 7.05 Å². The number of nitrogen functional groups attached to an aromatic ring is 1. The van der Waals surface area contributed by atoms with Crippen molar-refractivity contribution >= 4 is 95.6 Å². The van der Waals surface area contributed by atoms with Crippen LogP contribution in [0, 0.1) is 0 Å². The SMILES string of the molecule is Cn1cc(-c2ccc3c(c2)CCN3C(=O)Cc2cccc(C(F)(F)F)c2)c2c(N)nc[n+](Cc3ccc(O[C@@H]4O[C@H](C(=O)O)[C@@H](O)[C@H](O)[C@H]4O)c(NC(=O)CCNC(=O)CCOCCOCCOCCN4C(=O)C(Br)=C(Br)C4=O)c3)c21. The van der Waals surface area contributed by atoms with E-state index in [1.54, 1.807) is 27.7 Å². The van der Waals surface area contributed by atoms with Crippen molar-refractivity contribution in [3.63, 3.8) is 0 Å². The van der Waals surface area contributed by atoms with E-state index in [0.29, 0.717) is 40.8 Å². The summed E-state index contributed by atoms with van der Waals surface area (Å²) in [5.74, 6) is -3.79. The lowest BCUT2D eigenvalue weighted by molar-refractivity contribution is -0.667. The molecule has 432 valence electrons. The number of alkyl halides is 3. The van der Waals surface area contributed by atoms with Crippen LogP contribution < -0.4 is 30.6 Å². The first kappa shape index (κ1) is 60.2. The molecule has 5 amide bonds. The Hall–Kier alpha value is -6.89. The van der Waals surface area contributed by atoms with Gasteiger partial charge in [-0.2, -0.15) is 13.2 Å². The van der Waals surface area contributed by atoms with Gasteiger partial charge in [0.05, 0.1) is 83.6 Å². The average Bonchev–Trinajstić information content (AvgIpc) is 4.31. The molecule has 5 heterocycles. The predicted molar refractivity (Wildman–Crippen MR) is 287 cm³/mol. The number of anilines is 3. The molecule has 3 aliphatic heterocycles. The number of aliphatic hydroxyl groups is 3. The number of carbonyl (C=O) groups is 6. The number of imide groups is 1. The van der Waals surface area contributed by atoms with E-state index < -0.39 is 72.0 Å². The number of fused-ring (bicyclic) bond motifs is 2. The van der Waals surface area contributed by atoms with Crippen LogP contribution in [0.2, 0.25) is 0 Å². The molecule has 8 rings (SSSR count). The lowest BCUT2D eigenvalue weighted by Gasteiger charge is -2.38. The third kappa shape index (κ3) is 14.2. The molecule has 23 nitrogen and oxygen atoms in total. The van der Waals surface area contributed by atoms with Crippen LogP contribution in [-0.4, -0.2) is 160 Å². The highest BCUT2D eigenvalue weighted by Gasteiger charge is 2.48. The van der Waals surface area contributed by atoms with E-state index in [1.165, 1.54) is 24.5 Å². The van der Waals surface area contributed by atoms with E-state index in [9.17, 15) is 62.4 Å². The molecule has 0 spiro atoms. The molecule has 0 aliphatic carbocycles. The van der Waals surface area contributed by atoms with E-state index in [2.05, 4.69) is 47.5 Å². The number of ether oxygens (including phenoxy) is 5. The monoisotopic (exact) mass is 1260 g/mol. The first-order valence-corrected chi connectivity index (χ1v) is 26.9. The van der Waals surface area contributed by atoms with Gasteiger partial charge in [-0.1, -0.05) is 35.3 Å². The van der Waals surface area contributed by atoms with Crippen LogP contribution in [0.25, 0.3) is 22.2 Å². The fourth-order valence-corrected chi connectivity index (χ4v) is 10.1. The van der Waals surface area contributed by atoms with Crippen molar-refractivity contribution < 1.29 is 90.6 Å². The summed E-state index contributed by atoms with van der Waals surface area (Å²) in [7, 11) is 1.81. The summed E-state index contributed by atoms with van der Waals surface area (Å²) in [6.07, 6.45) is -10.8. The number of aliphatic hydroxyl groups excluding tert-OH is 3. The molecule has 1 fully saturated rings. The number of carboxylic acid groups (broad SMARTS) is 1. The molecule has 5 aromatic rings. The molecular formula is C53H56Br2F3N8O15+. The minimum atomic E-state index is -4.54. The average molecular weight is 1260 g/mol. The van der Waals surface area contributed by atoms with Crippen LogP contribution in [0.15, 0.2) is 82.2 Å². The Balaban J connectivity index is 0.884. The second kappa shape index (κ2) is 26.4. The Kier molecular flexibility index (Phi) is 19.6. The molecule has 3 aliphatic rings. The summed E-state index contributed by atoms with van der Waals surface area (Å²) in [5, 5.41) is 47.1. The lowest BCUT2D eigenvalue weighted by atomic mass is 9.99. The number of carbonyl (C=O) groups excluding carboxylic acids is 5. The number of benzene rings is 3. The van der Waals surface area contributed by atoms with Crippen LogP contribution in [0.3, 0.4) is 0 Å². The zero-order valence-electron chi connectivity index (χ0n) is 43.2. The molecule has 28 heteroatoms. The number of hydrogen-bond acceptors (Lipinski definition) is 16. The van der Waals surface area contributed by atoms with Gasteiger partial charge in [0.1, 0.15) is 38.4 Å². The quantitative estimate of drug-likeness (QED) is 0.0265. The van der Waals surface area contributed by atoms with Crippen molar-refractivity contribution in [3.8, 4) is 16.9 Å². The predicted octanol–water partition coefficient (Wildman–Crippen LogP) is 2.83. The molecule has 0 bridgehead atoms. The highest BCUT2D eigenvalue weighted by atomic mass is 79.9. The van der Waals surface area contributed by atoms with Gasteiger partial charge < -0.3 is 65.4 Å². The lowest BCUT2D eigenvalue weighted by Crippen LogP contribution is -2.61. The van der Waals surface area contributed by atoms with Gasteiger partial charge in [0.2, 0.25) is 41.8 Å². The summed E-state index contributed by atoms with van der Waals surface area (Å²) >= 11 is 6.13. The minimum Gasteiger partial charge on any atom is -0.479 e. The normalized spacial score (nSPS) is 19.1. The molecule has 0 saturated carbocycles. The summed E-state index contributed by atoms with van der Waals surface area (Å²) in [4.78, 5) is 82.6. The number of nitrogens with zero attached hydrogens (tertiary/aromatic N) is 5. The second-order valence-corrected chi connectivity index (χ2v) is 20.5. The molecule has 5 atom stereocenters. The molecule has 1 saturated heterocycles. The van der Waals surface area contributed by atoms with E-state index in [-0.39, 0.29) is 116 Å². The fourth-order valence-electron chi connectivity index (χ4n) is 9.30. The number of nitrogens with two attached hydrogens (primary N) is 1. The van der Waals surface area contributed by atoms with Gasteiger partial charge in [0, 0.05) is 37.2 Å². The first-order chi connectivity index (χ1) is 38.6. The van der Waals surface area contributed by atoms with Crippen LogP contribution in [0.5, 0.6) is 5.75 Å². The van der Waals surface area contributed by atoms with E-state index in [1.807, 2.05) is 29.9 Å². The molecule has 0 unspecified atom stereocenters. The van der Waals surface area contributed by atoms with E-state index in [4.69, 9.17) is 29.4 Å². The number of hydrogen-bond donors (Lipinski definition) is 7. The Morgan fingerprint density at radius 3 is 2.27 bits per heavy atom. The Bertz CT molecular complexity index is 3230. The Morgan fingerprint density at radius 2 is 1.57 bits per heavy atom. The van der Waals surface area contributed by atoms with E-state index in [0.717, 1.165) is 28.2 Å². The third-order valence-electron chi connectivity index (χ3n) is 13.3. The topological polar surface area (TPSA) is 308 Å². The van der Waals surface area contributed by atoms with E-state index >= 15 is 0 Å². The fraction of sp³-hybridized carbons (Fsp3) is 0.396. The number of amides is 5. The number of aryl methyl sites for hydroxylation is 1. The smallest absolute Gasteiger partial charge is 0.416 e. The summed E-state index contributed by atoms with van der Waals surface area (Å²) in [6.45, 7) is 1.43. The summed E-state index contributed by atoms with van der Waals surface area (Å²) < 4.78 is 71.7. The maximum atomic E-state index is 13.5. The van der Waals surface area contributed by atoms with Crippen LogP contribution in [-0.2, 0) is 80.3 Å². The number of rotatable bonds is 24. The van der Waals surface area contributed by atoms with Gasteiger partial charge >= 0.3 is 12.1 Å². The third-order valence-corrected chi connectivity index (χ3v) is 15.4. The van der Waals surface area contributed by atoms with Crippen LogP contribution in [0.1, 0.15) is 35.1 Å². The molecule has 3 aromatic carbocycles. The number of nitrogens with one attached hydrogen (secondary N) is 2. The second-order valence-electron chi connectivity index (χ2n) is 18.9. The number of aromatic nitrogens is 3. The minimum absolute atomic E-state index is 0.0250. The highest BCUT2D eigenvalue weighted by Crippen LogP contribution is 2.38. The largest absolute Gasteiger partial charge is 0.479 e. The molecule has 81 heavy (non-hydrogen) atoms. The van der Waals surface area contributed by atoms with Crippen molar-refractivity contribution in [1.29, 1.82) is 0 Å². The zero-order chi connectivity index (χ0) is 58.3. The zero-order valence-corrected chi connectivity index (χ0v) is 46.4. The maximum absolute atomic E-state index is 13.5. The van der Waals surface area contributed by atoms with Gasteiger partial charge in [0.15, 0.2) is 6.10 Å². The number of aliphatic carboxylic acids is 1. The molecule has 8 N–H and O–H groups in total. The molecule has 0 radical (unpaired) electrons.